The molecule has 3 aromatic rings. The predicted molar refractivity (Wildman–Crippen MR) is 100 cm³/mol. The van der Waals surface area contributed by atoms with Crippen molar-refractivity contribution in [2.45, 2.75) is 5.92 Å². The molecule has 0 radical (unpaired) electrons. The topological polar surface area (TPSA) is 91.2 Å². The van der Waals surface area contributed by atoms with E-state index in [2.05, 4.69) is 10.5 Å². The molecule has 1 amide bonds. The molecule has 0 unspecified atom stereocenters. The zero-order valence-corrected chi connectivity index (χ0v) is 14.2. The van der Waals surface area contributed by atoms with Crippen LogP contribution in [0.1, 0.15) is 22.6 Å². The molecule has 4 rings (SSSR count). The van der Waals surface area contributed by atoms with Gasteiger partial charge >= 0.3 is 0 Å². The van der Waals surface area contributed by atoms with Crippen LogP contribution in [-0.4, -0.2) is 22.3 Å². The number of fused-ring (bicyclic) bond motifs is 2. The lowest BCUT2D eigenvalue weighted by molar-refractivity contribution is -0.121. The smallest absolute Gasteiger partial charge is 0.252 e. The Kier molecular flexibility index (Phi) is 4.22. The number of ether oxygens (including phenoxy) is 1. The van der Waals surface area contributed by atoms with Crippen molar-refractivity contribution in [2.24, 2.45) is 5.10 Å². The molecule has 0 fully saturated rings. The Morgan fingerprint density at radius 3 is 2.22 bits per heavy atom. The van der Waals surface area contributed by atoms with Gasteiger partial charge < -0.3 is 14.9 Å². The number of hydrogen-bond acceptors (Lipinski definition) is 5. The van der Waals surface area contributed by atoms with Crippen LogP contribution < -0.4 is 10.2 Å². The van der Waals surface area contributed by atoms with E-state index in [-0.39, 0.29) is 17.4 Å². The number of para-hydroxylation sites is 2. The first-order valence-corrected chi connectivity index (χ1v) is 8.34. The molecule has 0 atom stereocenters. The van der Waals surface area contributed by atoms with Crippen LogP contribution in [0, 0.1) is 0 Å². The fourth-order valence-electron chi connectivity index (χ4n) is 3.06. The maximum atomic E-state index is 12.9. The van der Waals surface area contributed by atoms with E-state index >= 15 is 0 Å². The van der Waals surface area contributed by atoms with Crippen molar-refractivity contribution in [1.82, 2.24) is 5.43 Å². The molecule has 0 bridgehead atoms. The Morgan fingerprint density at radius 1 is 0.963 bits per heavy atom. The normalized spacial score (nSPS) is 12.9. The molecule has 1 heterocycles. The van der Waals surface area contributed by atoms with E-state index in [0.29, 0.717) is 17.1 Å². The quantitative estimate of drug-likeness (QED) is 0.493. The van der Waals surface area contributed by atoms with Crippen LogP contribution in [-0.2, 0) is 4.79 Å². The minimum atomic E-state index is -0.559. The zero-order chi connectivity index (χ0) is 18.8. The van der Waals surface area contributed by atoms with E-state index < -0.39 is 5.92 Å². The van der Waals surface area contributed by atoms with Gasteiger partial charge in [-0.3, -0.25) is 4.79 Å². The van der Waals surface area contributed by atoms with E-state index in [9.17, 15) is 15.0 Å². The Bertz CT molecular complexity index is 1000. The summed E-state index contributed by atoms with van der Waals surface area (Å²) in [5.74, 6) is 0.219. The van der Waals surface area contributed by atoms with Crippen molar-refractivity contribution >= 4 is 12.1 Å². The Hall–Kier alpha value is -3.80. The number of nitrogens with one attached hydrogen (secondary N) is 1. The van der Waals surface area contributed by atoms with Crippen LogP contribution >= 0.6 is 0 Å². The minimum absolute atomic E-state index is 0.0518. The zero-order valence-electron chi connectivity index (χ0n) is 14.2. The molecule has 27 heavy (non-hydrogen) atoms. The summed E-state index contributed by atoms with van der Waals surface area (Å²) in [5, 5.41) is 23.1. The number of carbonyl (C=O) groups is 1. The Balaban J connectivity index is 1.61. The minimum Gasteiger partial charge on any atom is -0.508 e. The summed E-state index contributed by atoms with van der Waals surface area (Å²) in [7, 11) is 0. The van der Waals surface area contributed by atoms with Crippen LogP contribution in [0.2, 0.25) is 0 Å². The van der Waals surface area contributed by atoms with E-state index in [0.717, 1.165) is 11.1 Å². The molecule has 1 aliphatic heterocycles. The lowest BCUT2D eigenvalue weighted by atomic mass is 9.87. The van der Waals surface area contributed by atoms with Crippen molar-refractivity contribution < 1.29 is 19.7 Å². The number of phenols is 2. The van der Waals surface area contributed by atoms with E-state index in [1.165, 1.54) is 24.4 Å². The SMILES string of the molecule is O=C(N/N=C/c1ccc(O)cc1O)C1c2ccccc2Oc2ccccc21. The highest BCUT2D eigenvalue weighted by molar-refractivity contribution is 5.91. The molecule has 3 N–H and O–H groups in total. The first-order valence-electron chi connectivity index (χ1n) is 8.34. The van der Waals surface area contributed by atoms with Crippen LogP contribution in [0.3, 0.4) is 0 Å². The van der Waals surface area contributed by atoms with Gasteiger partial charge in [0, 0.05) is 22.8 Å². The monoisotopic (exact) mass is 360 g/mol. The van der Waals surface area contributed by atoms with Gasteiger partial charge in [0.25, 0.3) is 5.91 Å². The van der Waals surface area contributed by atoms with Gasteiger partial charge in [0.1, 0.15) is 23.0 Å². The van der Waals surface area contributed by atoms with Crippen LogP contribution in [0.5, 0.6) is 23.0 Å². The number of nitrogens with zero attached hydrogens (tertiary/aromatic N) is 1. The predicted octanol–water partition coefficient (Wildman–Crippen LogP) is 3.49. The van der Waals surface area contributed by atoms with Crippen molar-refractivity contribution in [2.75, 3.05) is 0 Å². The average Bonchev–Trinajstić information content (AvgIpc) is 2.67. The first kappa shape index (κ1) is 16.7. The molecule has 0 aliphatic carbocycles. The molecule has 0 saturated carbocycles. The highest BCUT2D eigenvalue weighted by Gasteiger charge is 2.32. The maximum absolute atomic E-state index is 12.9. The molecule has 6 nitrogen and oxygen atoms in total. The number of hydrogen-bond donors (Lipinski definition) is 3. The van der Waals surface area contributed by atoms with Gasteiger partial charge in [-0.15, -0.1) is 0 Å². The summed E-state index contributed by atoms with van der Waals surface area (Å²) in [6.07, 6.45) is 1.32. The second-order valence-corrected chi connectivity index (χ2v) is 6.09. The fraction of sp³-hybridized carbons (Fsp3) is 0.0476. The molecule has 1 aliphatic rings. The number of rotatable bonds is 3. The number of aromatic hydroxyl groups is 2. The third-order valence-electron chi connectivity index (χ3n) is 4.33. The van der Waals surface area contributed by atoms with Gasteiger partial charge in [0.2, 0.25) is 0 Å². The summed E-state index contributed by atoms with van der Waals surface area (Å²) in [5.41, 5.74) is 4.42. The van der Waals surface area contributed by atoms with Gasteiger partial charge in [-0.05, 0) is 24.3 Å². The summed E-state index contributed by atoms with van der Waals surface area (Å²) >= 11 is 0. The molecule has 0 saturated heterocycles. The highest BCUT2D eigenvalue weighted by atomic mass is 16.5. The fourth-order valence-corrected chi connectivity index (χ4v) is 3.06. The maximum Gasteiger partial charge on any atom is 0.252 e. The molecular formula is C21H16N2O4. The lowest BCUT2D eigenvalue weighted by Crippen LogP contribution is -2.28. The Labute approximate surface area is 155 Å². The number of phenolic OH excluding ortho intramolecular Hbond substituents is 2. The summed E-state index contributed by atoms with van der Waals surface area (Å²) in [6, 6.07) is 18.9. The third kappa shape index (κ3) is 3.20. The Morgan fingerprint density at radius 2 is 1.59 bits per heavy atom. The summed E-state index contributed by atoms with van der Waals surface area (Å²) < 4.78 is 5.88. The third-order valence-corrected chi connectivity index (χ3v) is 4.33. The molecule has 0 spiro atoms. The number of benzene rings is 3. The molecule has 6 heteroatoms. The van der Waals surface area contributed by atoms with Crippen LogP contribution in [0.4, 0.5) is 0 Å². The van der Waals surface area contributed by atoms with E-state index in [1.54, 1.807) is 0 Å². The van der Waals surface area contributed by atoms with Gasteiger partial charge in [0.05, 0.1) is 12.1 Å². The molecular weight excluding hydrogens is 344 g/mol. The largest absolute Gasteiger partial charge is 0.508 e. The number of hydrazone groups is 1. The first-order chi connectivity index (χ1) is 13.1. The van der Waals surface area contributed by atoms with Gasteiger partial charge in [-0.2, -0.15) is 5.10 Å². The van der Waals surface area contributed by atoms with E-state index in [1.807, 2.05) is 48.5 Å². The van der Waals surface area contributed by atoms with Crippen LogP contribution in [0.15, 0.2) is 71.8 Å². The standard InChI is InChI=1S/C21H16N2O4/c24-14-10-9-13(17(25)11-14)12-22-23-21(26)20-15-5-1-3-7-18(15)27-19-8-4-2-6-16(19)20/h1-12,20,24-25H,(H,23,26)/b22-12+. The van der Waals surface area contributed by atoms with E-state index in [4.69, 9.17) is 4.74 Å². The van der Waals surface area contributed by atoms with Crippen molar-refractivity contribution in [3.8, 4) is 23.0 Å². The van der Waals surface area contributed by atoms with Crippen LogP contribution in [0.25, 0.3) is 0 Å². The summed E-state index contributed by atoms with van der Waals surface area (Å²) in [6.45, 7) is 0. The van der Waals surface area contributed by atoms with Gasteiger partial charge in [-0.25, -0.2) is 5.43 Å². The second-order valence-electron chi connectivity index (χ2n) is 6.09. The summed E-state index contributed by atoms with van der Waals surface area (Å²) in [4.78, 5) is 12.9. The highest BCUT2D eigenvalue weighted by Crippen LogP contribution is 2.43. The van der Waals surface area contributed by atoms with Crippen molar-refractivity contribution in [3.63, 3.8) is 0 Å². The lowest BCUT2D eigenvalue weighted by Gasteiger charge is -2.26. The molecule has 3 aromatic carbocycles. The number of carbonyl (C=O) groups excluding carboxylic acids is 1. The van der Waals surface area contributed by atoms with Gasteiger partial charge in [-0.1, -0.05) is 36.4 Å². The molecule has 0 aromatic heterocycles. The molecule has 134 valence electrons. The van der Waals surface area contributed by atoms with Crippen molar-refractivity contribution in [1.29, 1.82) is 0 Å². The van der Waals surface area contributed by atoms with Gasteiger partial charge in [0.15, 0.2) is 0 Å². The average molecular weight is 360 g/mol. The number of amides is 1. The van der Waals surface area contributed by atoms with Crippen molar-refractivity contribution in [3.05, 3.63) is 83.4 Å². The second kappa shape index (κ2) is 6.84.